The summed E-state index contributed by atoms with van der Waals surface area (Å²) in [6.45, 7) is 8.09. The summed E-state index contributed by atoms with van der Waals surface area (Å²) in [6, 6.07) is 3.93. The van der Waals surface area contributed by atoms with Crippen LogP contribution in [-0.4, -0.2) is 11.4 Å². The molecule has 0 unspecified atom stereocenters. The van der Waals surface area contributed by atoms with Crippen LogP contribution in [0.2, 0.25) is 0 Å². The van der Waals surface area contributed by atoms with Gasteiger partial charge in [0.1, 0.15) is 11.5 Å². The second kappa shape index (κ2) is 4.63. The maximum Gasteiger partial charge on any atom is 0.244 e. The van der Waals surface area contributed by atoms with Gasteiger partial charge in [-0.05, 0) is 51.3 Å². The predicted octanol–water partition coefficient (Wildman–Crippen LogP) is 3.33. The van der Waals surface area contributed by atoms with E-state index in [1.54, 1.807) is 6.08 Å². The summed E-state index contributed by atoms with van der Waals surface area (Å²) in [7, 11) is 0. The molecule has 1 heterocycles. The first-order valence-electron chi connectivity index (χ1n) is 6.45. The van der Waals surface area contributed by atoms with Crippen molar-refractivity contribution >= 4 is 12.0 Å². The van der Waals surface area contributed by atoms with Gasteiger partial charge in [0, 0.05) is 17.5 Å². The molecule has 1 fully saturated rings. The van der Waals surface area contributed by atoms with Gasteiger partial charge in [0.25, 0.3) is 0 Å². The summed E-state index contributed by atoms with van der Waals surface area (Å²) in [5.74, 6) is 3.00. The molecule has 1 aliphatic carbocycles. The van der Waals surface area contributed by atoms with E-state index in [0.29, 0.717) is 5.92 Å². The minimum Gasteiger partial charge on any atom is -0.461 e. The molecule has 0 radical (unpaired) electrons. The first-order chi connectivity index (χ1) is 8.35. The molecule has 18 heavy (non-hydrogen) atoms. The van der Waals surface area contributed by atoms with Crippen LogP contribution in [0, 0.1) is 5.92 Å². The molecule has 3 heteroatoms. The van der Waals surface area contributed by atoms with Crippen LogP contribution in [0.15, 0.2) is 22.6 Å². The molecule has 1 N–H and O–H groups in total. The lowest BCUT2D eigenvalue weighted by atomic mass is 10.1. The van der Waals surface area contributed by atoms with Crippen molar-refractivity contribution in [1.82, 2.24) is 5.32 Å². The summed E-state index contributed by atoms with van der Waals surface area (Å²) in [4.78, 5) is 11.6. The van der Waals surface area contributed by atoms with E-state index < -0.39 is 0 Å². The second-order valence-electron chi connectivity index (χ2n) is 6.13. The Kier molecular flexibility index (Phi) is 3.33. The molecule has 0 bridgehead atoms. The molecule has 0 saturated heterocycles. The average molecular weight is 247 g/mol. The van der Waals surface area contributed by atoms with E-state index >= 15 is 0 Å². The molecule has 0 spiro atoms. The minimum atomic E-state index is -0.209. The number of carbonyl (C=O) groups is 1. The highest BCUT2D eigenvalue weighted by molar-refractivity contribution is 5.91. The van der Waals surface area contributed by atoms with Crippen molar-refractivity contribution in [3.8, 4) is 0 Å². The third-order valence-electron chi connectivity index (χ3n) is 3.02. The van der Waals surface area contributed by atoms with E-state index in [4.69, 9.17) is 4.42 Å². The molecule has 98 valence electrons. The van der Waals surface area contributed by atoms with E-state index in [0.717, 1.165) is 17.4 Å². The number of hydrogen-bond donors (Lipinski definition) is 1. The largest absolute Gasteiger partial charge is 0.461 e. The lowest BCUT2D eigenvalue weighted by Gasteiger charge is -2.18. The molecule has 1 aromatic rings. The number of carbonyl (C=O) groups excluding carboxylic acids is 1. The summed E-state index contributed by atoms with van der Waals surface area (Å²) in [5, 5.41) is 2.87. The second-order valence-corrected chi connectivity index (χ2v) is 6.13. The van der Waals surface area contributed by atoms with Crippen molar-refractivity contribution in [3.05, 3.63) is 29.7 Å². The Bertz CT molecular complexity index is 465. The van der Waals surface area contributed by atoms with Crippen molar-refractivity contribution in [2.45, 2.75) is 45.6 Å². The lowest BCUT2D eigenvalue weighted by molar-refractivity contribution is -0.117. The smallest absolute Gasteiger partial charge is 0.244 e. The van der Waals surface area contributed by atoms with Crippen LogP contribution >= 0.6 is 0 Å². The molecule has 0 aromatic carbocycles. The van der Waals surface area contributed by atoms with Gasteiger partial charge < -0.3 is 9.73 Å². The third kappa shape index (κ3) is 3.49. The van der Waals surface area contributed by atoms with Gasteiger partial charge in [-0.15, -0.1) is 0 Å². The maximum atomic E-state index is 11.6. The molecular weight excluding hydrogens is 226 g/mol. The van der Waals surface area contributed by atoms with E-state index in [1.165, 1.54) is 12.5 Å². The van der Waals surface area contributed by atoms with Crippen molar-refractivity contribution < 1.29 is 9.21 Å². The normalized spacial score (nSPS) is 23.3. The Morgan fingerprint density at radius 2 is 2.11 bits per heavy atom. The summed E-state index contributed by atoms with van der Waals surface area (Å²) < 4.78 is 5.69. The Balaban J connectivity index is 1.93. The number of hydrogen-bond acceptors (Lipinski definition) is 2. The lowest BCUT2D eigenvalue weighted by Crippen LogP contribution is -2.39. The van der Waals surface area contributed by atoms with Crippen LogP contribution in [0.3, 0.4) is 0 Å². The highest BCUT2D eigenvalue weighted by Gasteiger charge is 2.36. The van der Waals surface area contributed by atoms with Gasteiger partial charge >= 0.3 is 0 Å². The molecular formula is C15H21NO2. The standard InChI is InChI=1S/C15H21NO2/c1-10-9-12(10)13-7-5-11(18-13)6-8-14(17)16-15(2,3)4/h5-8,10,12H,9H2,1-4H3,(H,16,17)/b8-6+/t10-,12+/m1/s1. The van der Waals surface area contributed by atoms with Gasteiger partial charge in [-0.3, -0.25) is 4.79 Å². The van der Waals surface area contributed by atoms with Crippen LogP contribution < -0.4 is 5.32 Å². The molecule has 1 amide bonds. The summed E-state index contributed by atoms with van der Waals surface area (Å²) >= 11 is 0. The zero-order valence-corrected chi connectivity index (χ0v) is 11.5. The van der Waals surface area contributed by atoms with Crippen LogP contribution in [0.5, 0.6) is 0 Å². The van der Waals surface area contributed by atoms with Crippen molar-refractivity contribution in [1.29, 1.82) is 0 Å². The molecule has 0 aliphatic heterocycles. The molecule has 1 aliphatic rings. The molecule has 2 atom stereocenters. The van der Waals surface area contributed by atoms with Gasteiger partial charge in [0.05, 0.1) is 0 Å². The fraction of sp³-hybridized carbons (Fsp3) is 0.533. The maximum absolute atomic E-state index is 11.6. The number of furan rings is 1. The Morgan fingerprint density at radius 3 is 2.67 bits per heavy atom. The van der Waals surface area contributed by atoms with E-state index in [-0.39, 0.29) is 11.4 Å². The first kappa shape index (κ1) is 12.9. The van der Waals surface area contributed by atoms with Crippen LogP contribution in [0.1, 0.15) is 51.6 Å². The van der Waals surface area contributed by atoms with Crippen LogP contribution in [-0.2, 0) is 4.79 Å². The topological polar surface area (TPSA) is 42.2 Å². The average Bonchev–Trinajstić information content (AvgIpc) is 2.77. The molecule has 2 rings (SSSR count). The van der Waals surface area contributed by atoms with Gasteiger partial charge in [0.15, 0.2) is 0 Å². The number of rotatable bonds is 3. The van der Waals surface area contributed by atoms with E-state index in [1.807, 2.05) is 32.9 Å². The molecule has 1 saturated carbocycles. The monoisotopic (exact) mass is 247 g/mol. The van der Waals surface area contributed by atoms with E-state index in [2.05, 4.69) is 12.2 Å². The predicted molar refractivity (Wildman–Crippen MR) is 72.2 cm³/mol. The minimum absolute atomic E-state index is 0.0970. The van der Waals surface area contributed by atoms with Crippen LogP contribution in [0.4, 0.5) is 0 Å². The van der Waals surface area contributed by atoms with Gasteiger partial charge in [0.2, 0.25) is 5.91 Å². The van der Waals surface area contributed by atoms with E-state index in [9.17, 15) is 4.79 Å². The SMILES string of the molecule is C[C@@H]1C[C@@H]1c1ccc(/C=C/C(=O)NC(C)(C)C)o1. The summed E-state index contributed by atoms with van der Waals surface area (Å²) in [5.41, 5.74) is -0.209. The highest BCUT2D eigenvalue weighted by Crippen LogP contribution is 2.47. The van der Waals surface area contributed by atoms with Gasteiger partial charge in [-0.2, -0.15) is 0 Å². The van der Waals surface area contributed by atoms with Gasteiger partial charge in [-0.25, -0.2) is 0 Å². The quantitative estimate of drug-likeness (QED) is 0.832. The van der Waals surface area contributed by atoms with Crippen molar-refractivity contribution in [2.24, 2.45) is 5.92 Å². The Hall–Kier alpha value is -1.51. The van der Waals surface area contributed by atoms with Gasteiger partial charge in [-0.1, -0.05) is 6.92 Å². The third-order valence-corrected chi connectivity index (χ3v) is 3.02. The fourth-order valence-electron chi connectivity index (χ4n) is 1.94. The highest BCUT2D eigenvalue weighted by atomic mass is 16.3. The van der Waals surface area contributed by atoms with Crippen molar-refractivity contribution in [2.75, 3.05) is 0 Å². The number of amides is 1. The number of nitrogens with one attached hydrogen (secondary N) is 1. The molecule has 1 aromatic heterocycles. The Morgan fingerprint density at radius 1 is 1.44 bits per heavy atom. The van der Waals surface area contributed by atoms with Crippen molar-refractivity contribution in [3.63, 3.8) is 0 Å². The fourth-order valence-corrected chi connectivity index (χ4v) is 1.94. The zero-order valence-electron chi connectivity index (χ0n) is 11.5. The van der Waals surface area contributed by atoms with Crippen LogP contribution in [0.25, 0.3) is 6.08 Å². The zero-order chi connectivity index (χ0) is 13.3. The first-order valence-corrected chi connectivity index (χ1v) is 6.45. The Labute approximate surface area is 108 Å². The summed E-state index contributed by atoms with van der Waals surface area (Å²) in [6.07, 6.45) is 4.45. The molecule has 3 nitrogen and oxygen atoms in total.